The minimum absolute atomic E-state index is 0.143. The number of aryl methyl sites for hydroxylation is 2. The molecule has 3 aromatic heterocycles. The van der Waals surface area contributed by atoms with Gasteiger partial charge in [-0.25, -0.2) is 9.97 Å². The van der Waals surface area contributed by atoms with Gasteiger partial charge in [0.1, 0.15) is 11.6 Å². The van der Waals surface area contributed by atoms with Crippen molar-refractivity contribution in [2.75, 3.05) is 30.4 Å². The maximum absolute atomic E-state index is 13.7. The van der Waals surface area contributed by atoms with Gasteiger partial charge < -0.3 is 20.1 Å². The van der Waals surface area contributed by atoms with E-state index in [4.69, 9.17) is 4.98 Å². The van der Waals surface area contributed by atoms with E-state index in [0.29, 0.717) is 16.8 Å². The zero-order valence-electron chi connectivity index (χ0n) is 22.8. The standard InChI is InChI=1S/C29H36N6O2/c1-8-20-12-22-23(28(36)31-15-24-18(4)11-19(5)32-29(24)37)13-25(33-27(22)35(16-20)17(2)3)21-9-10-26(30-14-21)34(6)7/h9-14,17H,8,15-16H2,1-7H3,(H,31,36)(H,32,37). The average molecular weight is 501 g/mol. The maximum Gasteiger partial charge on any atom is 0.253 e. The Labute approximate surface area is 218 Å². The summed E-state index contributed by atoms with van der Waals surface area (Å²) in [6, 6.07) is 7.87. The van der Waals surface area contributed by atoms with Gasteiger partial charge >= 0.3 is 0 Å². The molecule has 37 heavy (non-hydrogen) atoms. The molecular formula is C29H36N6O2. The van der Waals surface area contributed by atoms with Gasteiger partial charge in [-0.15, -0.1) is 0 Å². The third-order valence-corrected chi connectivity index (χ3v) is 6.78. The minimum atomic E-state index is -0.241. The third-order valence-electron chi connectivity index (χ3n) is 6.78. The van der Waals surface area contributed by atoms with Gasteiger partial charge in [-0.3, -0.25) is 9.59 Å². The van der Waals surface area contributed by atoms with E-state index in [0.717, 1.165) is 47.0 Å². The molecular weight excluding hydrogens is 464 g/mol. The molecule has 3 aromatic rings. The van der Waals surface area contributed by atoms with Crippen molar-refractivity contribution in [3.63, 3.8) is 0 Å². The van der Waals surface area contributed by atoms with Crippen molar-refractivity contribution in [1.29, 1.82) is 0 Å². The average Bonchev–Trinajstić information content (AvgIpc) is 2.86. The van der Waals surface area contributed by atoms with Crippen molar-refractivity contribution in [1.82, 2.24) is 20.3 Å². The smallest absolute Gasteiger partial charge is 0.253 e. The second-order valence-corrected chi connectivity index (χ2v) is 10.1. The van der Waals surface area contributed by atoms with E-state index in [-0.39, 0.29) is 24.1 Å². The summed E-state index contributed by atoms with van der Waals surface area (Å²) >= 11 is 0. The van der Waals surface area contributed by atoms with Gasteiger partial charge in [0.25, 0.3) is 11.5 Å². The highest BCUT2D eigenvalue weighted by Crippen LogP contribution is 2.35. The summed E-state index contributed by atoms with van der Waals surface area (Å²) in [7, 11) is 3.89. The van der Waals surface area contributed by atoms with Gasteiger partial charge in [0.15, 0.2) is 0 Å². The van der Waals surface area contributed by atoms with Crippen LogP contribution < -0.4 is 20.7 Å². The van der Waals surface area contributed by atoms with E-state index in [9.17, 15) is 9.59 Å². The lowest BCUT2D eigenvalue weighted by atomic mass is 9.96. The Kier molecular flexibility index (Phi) is 7.47. The molecule has 4 heterocycles. The van der Waals surface area contributed by atoms with Gasteiger partial charge in [0, 0.05) is 61.8 Å². The molecule has 0 aliphatic carbocycles. The summed E-state index contributed by atoms with van der Waals surface area (Å²) in [5.74, 6) is 1.39. The number of rotatable bonds is 7. The number of hydrogen-bond acceptors (Lipinski definition) is 6. The first-order valence-corrected chi connectivity index (χ1v) is 12.7. The molecule has 0 bridgehead atoms. The normalized spacial score (nSPS) is 12.9. The Morgan fingerprint density at radius 1 is 1.22 bits per heavy atom. The van der Waals surface area contributed by atoms with Crippen LogP contribution in [0.4, 0.5) is 11.6 Å². The number of aromatic nitrogens is 3. The Bertz CT molecular complexity index is 1400. The van der Waals surface area contributed by atoms with Gasteiger partial charge in [-0.05, 0) is 70.0 Å². The van der Waals surface area contributed by atoms with E-state index < -0.39 is 0 Å². The van der Waals surface area contributed by atoms with Crippen molar-refractivity contribution < 1.29 is 4.79 Å². The second-order valence-electron chi connectivity index (χ2n) is 10.1. The number of anilines is 2. The van der Waals surface area contributed by atoms with Crippen LogP contribution in [-0.2, 0) is 6.54 Å². The quantitative estimate of drug-likeness (QED) is 0.497. The first kappa shape index (κ1) is 26.1. The lowest BCUT2D eigenvalue weighted by molar-refractivity contribution is 0.0950. The Hall–Kier alpha value is -3.94. The molecule has 4 rings (SSSR count). The van der Waals surface area contributed by atoms with E-state index in [1.54, 1.807) is 6.20 Å². The number of carbonyl (C=O) groups excluding carboxylic acids is 1. The number of aromatic amines is 1. The van der Waals surface area contributed by atoms with Crippen LogP contribution in [0, 0.1) is 13.8 Å². The summed E-state index contributed by atoms with van der Waals surface area (Å²) in [5.41, 5.74) is 6.13. The van der Waals surface area contributed by atoms with Crippen LogP contribution in [0.5, 0.6) is 0 Å². The molecule has 0 saturated carbocycles. The highest BCUT2D eigenvalue weighted by molar-refractivity contribution is 6.01. The van der Waals surface area contributed by atoms with Crippen molar-refractivity contribution in [3.8, 4) is 11.3 Å². The van der Waals surface area contributed by atoms with Crippen LogP contribution in [0.3, 0.4) is 0 Å². The predicted octanol–water partition coefficient (Wildman–Crippen LogP) is 4.47. The third kappa shape index (κ3) is 5.43. The largest absolute Gasteiger partial charge is 0.363 e. The van der Waals surface area contributed by atoms with E-state index in [1.165, 1.54) is 5.57 Å². The highest BCUT2D eigenvalue weighted by atomic mass is 16.1. The predicted molar refractivity (Wildman–Crippen MR) is 150 cm³/mol. The van der Waals surface area contributed by atoms with E-state index in [1.807, 2.05) is 57.1 Å². The van der Waals surface area contributed by atoms with Crippen LogP contribution in [0.15, 0.2) is 40.8 Å². The van der Waals surface area contributed by atoms with Gasteiger partial charge in [-0.2, -0.15) is 0 Å². The van der Waals surface area contributed by atoms with Gasteiger partial charge in [0.05, 0.1) is 11.3 Å². The summed E-state index contributed by atoms with van der Waals surface area (Å²) in [6.45, 7) is 11.0. The molecule has 0 spiro atoms. The molecule has 1 amide bonds. The van der Waals surface area contributed by atoms with Gasteiger partial charge in [-0.1, -0.05) is 12.5 Å². The van der Waals surface area contributed by atoms with Crippen LogP contribution in [0.2, 0.25) is 0 Å². The zero-order valence-corrected chi connectivity index (χ0v) is 22.8. The lowest BCUT2D eigenvalue weighted by Crippen LogP contribution is -2.37. The first-order valence-electron chi connectivity index (χ1n) is 12.7. The van der Waals surface area contributed by atoms with Crippen LogP contribution >= 0.6 is 0 Å². The fourth-order valence-electron chi connectivity index (χ4n) is 4.59. The molecule has 2 N–H and O–H groups in total. The molecule has 8 nitrogen and oxygen atoms in total. The van der Waals surface area contributed by atoms with Crippen LogP contribution in [0.25, 0.3) is 17.3 Å². The van der Waals surface area contributed by atoms with Crippen LogP contribution in [0.1, 0.15) is 59.9 Å². The van der Waals surface area contributed by atoms with E-state index in [2.05, 4.69) is 47.0 Å². The van der Waals surface area contributed by atoms with Crippen molar-refractivity contribution >= 4 is 23.6 Å². The van der Waals surface area contributed by atoms with Crippen molar-refractivity contribution in [3.05, 3.63) is 74.3 Å². The molecule has 1 aliphatic heterocycles. The second kappa shape index (κ2) is 10.6. The number of hydrogen-bond donors (Lipinski definition) is 2. The highest BCUT2D eigenvalue weighted by Gasteiger charge is 2.27. The number of pyridine rings is 3. The monoisotopic (exact) mass is 500 g/mol. The Morgan fingerprint density at radius 3 is 2.57 bits per heavy atom. The number of fused-ring (bicyclic) bond motifs is 1. The minimum Gasteiger partial charge on any atom is -0.363 e. The Balaban J connectivity index is 1.80. The Morgan fingerprint density at radius 2 is 1.97 bits per heavy atom. The molecule has 0 radical (unpaired) electrons. The molecule has 0 atom stereocenters. The summed E-state index contributed by atoms with van der Waals surface area (Å²) in [4.78, 5) is 42.7. The molecule has 0 fully saturated rings. The maximum atomic E-state index is 13.7. The van der Waals surface area contributed by atoms with Gasteiger partial charge in [0.2, 0.25) is 0 Å². The van der Waals surface area contributed by atoms with Crippen molar-refractivity contribution in [2.24, 2.45) is 0 Å². The molecule has 1 aliphatic rings. The number of nitrogens with zero attached hydrogens (tertiary/aromatic N) is 4. The zero-order chi connectivity index (χ0) is 26.9. The molecule has 194 valence electrons. The molecule has 0 saturated heterocycles. The molecule has 0 aromatic carbocycles. The topological polar surface area (TPSA) is 94.2 Å². The van der Waals surface area contributed by atoms with Crippen LogP contribution in [-0.4, -0.2) is 47.5 Å². The summed E-state index contributed by atoms with van der Waals surface area (Å²) in [6.07, 6.45) is 4.77. The SMILES string of the molecule is CCC1=Cc2c(C(=O)NCc3c(C)cc(C)[nH]c3=O)cc(-c3ccc(N(C)C)nc3)nc2N(C(C)C)C1. The summed E-state index contributed by atoms with van der Waals surface area (Å²) < 4.78 is 0. The number of carbonyl (C=O) groups is 1. The number of amides is 1. The molecule has 8 heteroatoms. The fourth-order valence-corrected chi connectivity index (χ4v) is 4.59. The first-order chi connectivity index (χ1) is 17.6. The van der Waals surface area contributed by atoms with Crippen molar-refractivity contribution in [2.45, 2.75) is 53.6 Å². The van der Waals surface area contributed by atoms with E-state index >= 15 is 0 Å². The number of H-pyrrole nitrogens is 1. The fraction of sp³-hybridized carbons (Fsp3) is 0.379. The summed E-state index contributed by atoms with van der Waals surface area (Å²) in [5, 5.41) is 2.99. The number of nitrogens with one attached hydrogen (secondary N) is 2. The lowest BCUT2D eigenvalue weighted by Gasteiger charge is -2.34. The molecule has 0 unspecified atom stereocenters.